The number of Topliss-reactive ketones (excluding diaryl/α,β-unsaturated/α-hetero) is 1. The second-order valence-corrected chi connectivity index (χ2v) is 9.24. The van der Waals surface area contributed by atoms with Gasteiger partial charge in [-0.05, 0) is 24.0 Å². The lowest BCUT2D eigenvalue weighted by Gasteiger charge is -2.23. The molecule has 174 valence electrons. The Balaban J connectivity index is 1.92. The molecule has 1 aliphatic heterocycles. The van der Waals surface area contributed by atoms with Crippen LogP contribution in [0.15, 0.2) is 60.2 Å². The summed E-state index contributed by atoms with van der Waals surface area (Å²) in [6, 6.07) is 15.3. The fourth-order valence-corrected chi connectivity index (χ4v) is 4.94. The quantitative estimate of drug-likeness (QED) is 0.241. The van der Waals surface area contributed by atoms with Gasteiger partial charge in [-0.3, -0.25) is 14.5 Å². The summed E-state index contributed by atoms with van der Waals surface area (Å²) in [6.45, 7) is 5.78. The molecular weight excluding hydrogens is 452 g/mol. The van der Waals surface area contributed by atoms with Gasteiger partial charge in [0.1, 0.15) is 10.6 Å². The average molecular weight is 477 g/mol. The third-order valence-electron chi connectivity index (χ3n) is 5.77. The lowest BCUT2D eigenvalue weighted by molar-refractivity contribution is -0.132. The van der Waals surface area contributed by atoms with E-state index in [-0.39, 0.29) is 21.3 Å². The topological polar surface area (TPSA) is 96.8 Å². The van der Waals surface area contributed by atoms with Gasteiger partial charge in [0.05, 0.1) is 24.4 Å². The number of aliphatic hydroxyl groups is 1. The number of ether oxygens (including phenoxy) is 1. The molecule has 1 N–H and O–H groups in total. The van der Waals surface area contributed by atoms with Crippen molar-refractivity contribution in [2.24, 2.45) is 0 Å². The standard InChI is InChI=1S/C26H24N2O5S/c1-14(2)16-10-12-17(13-11-16)20-19(21(29)18-8-6-5-7-9-18)22(30)24(31)28(20)26-27-15(3)23(34-26)25(32)33-4/h5-14,20,29H,1-4H3/b21-19+/t20-/m1/s1. The van der Waals surface area contributed by atoms with Crippen LogP contribution in [0.25, 0.3) is 5.76 Å². The van der Waals surface area contributed by atoms with Gasteiger partial charge in [0, 0.05) is 5.56 Å². The minimum Gasteiger partial charge on any atom is -0.507 e. The summed E-state index contributed by atoms with van der Waals surface area (Å²) in [4.78, 5) is 44.5. The normalized spacial score (nSPS) is 17.4. The van der Waals surface area contributed by atoms with Crippen LogP contribution < -0.4 is 4.90 Å². The number of aryl methyl sites for hydroxylation is 1. The number of hydrogen-bond donors (Lipinski definition) is 1. The molecule has 0 bridgehead atoms. The highest BCUT2D eigenvalue weighted by atomic mass is 32.1. The van der Waals surface area contributed by atoms with Crippen molar-refractivity contribution < 1.29 is 24.2 Å². The molecular formula is C26H24N2O5S. The Morgan fingerprint density at radius 2 is 1.74 bits per heavy atom. The van der Waals surface area contributed by atoms with Crippen molar-refractivity contribution in [3.63, 3.8) is 0 Å². The lowest BCUT2D eigenvalue weighted by Crippen LogP contribution is -2.29. The average Bonchev–Trinajstić information content (AvgIpc) is 3.35. The van der Waals surface area contributed by atoms with E-state index in [1.165, 1.54) is 12.0 Å². The van der Waals surface area contributed by atoms with Gasteiger partial charge in [-0.2, -0.15) is 0 Å². The zero-order valence-corrected chi connectivity index (χ0v) is 20.1. The summed E-state index contributed by atoms with van der Waals surface area (Å²) in [7, 11) is 1.27. The number of aromatic nitrogens is 1. The van der Waals surface area contributed by atoms with Gasteiger partial charge < -0.3 is 9.84 Å². The number of esters is 1. The maximum atomic E-state index is 13.3. The molecule has 1 saturated heterocycles. The van der Waals surface area contributed by atoms with Crippen LogP contribution in [-0.2, 0) is 14.3 Å². The number of nitrogens with zero attached hydrogens (tertiary/aromatic N) is 2. The van der Waals surface area contributed by atoms with E-state index in [1.54, 1.807) is 37.3 Å². The molecule has 2 heterocycles. The lowest BCUT2D eigenvalue weighted by atomic mass is 9.93. The van der Waals surface area contributed by atoms with E-state index in [9.17, 15) is 19.5 Å². The fourth-order valence-electron chi connectivity index (χ4n) is 3.93. The molecule has 2 aromatic carbocycles. The molecule has 1 aliphatic rings. The van der Waals surface area contributed by atoms with Crippen molar-refractivity contribution in [1.82, 2.24) is 4.98 Å². The van der Waals surface area contributed by atoms with Crippen molar-refractivity contribution in [2.45, 2.75) is 32.7 Å². The highest BCUT2D eigenvalue weighted by molar-refractivity contribution is 7.17. The second-order valence-electron chi connectivity index (χ2n) is 8.26. The van der Waals surface area contributed by atoms with Crippen molar-refractivity contribution in [3.05, 3.63) is 87.4 Å². The van der Waals surface area contributed by atoms with Crippen LogP contribution in [0.2, 0.25) is 0 Å². The van der Waals surface area contributed by atoms with Crippen LogP contribution in [0, 0.1) is 6.92 Å². The first-order chi connectivity index (χ1) is 16.2. The number of methoxy groups -OCH3 is 1. The van der Waals surface area contributed by atoms with Gasteiger partial charge in [-0.15, -0.1) is 0 Å². The highest BCUT2D eigenvalue weighted by Gasteiger charge is 2.48. The maximum absolute atomic E-state index is 13.3. The number of rotatable bonds is 5. The first kappa shape index (κ1) is 23.4. The van der Waals surface area contributed by atoms with E-state index in [0.717, 1.165) is 16.9 Å². The number of thiazole rings is 1. The molecule has 8 heteroatoms. The predicted molar refractivity (Wildman–Crippen MR) is 130 cm³/mol. The molecule has 0 saturated carbocycles. The highest BCUT2D eigenvalue weighted by Crippen LogP contribution is 2.44. The van der Waals surface area contributed by atoms with Crippen LogP contribution >= 0.6 is 11.3 Å². The molecule has 0 aliphatic carbocycles. The molecule has 34 heavy (non-hydrogen) atoms. The van der Waals surface area contributed by atoms with Crippen LogP contribution in [0.4, 0.5) is 5.13 Å². The summed E-state index contributed by atoms with van der Waals surface area (Å²) in [5, 5.41) is 11.3. The summed E-state index contributed by atoms with van der Waals surface area (Å²) >= 11 is 0.974. The monoisotopic (exact) mass is 476 g/mol. The summed E-state index contributed by atoms with van der Waals surface area (Å²) < 4.78 is 4.82. The molecule has 1 atom stereocenters. The van der Waals surface area contributed by atoms with Crippen molar-refractivity contribution in [1.29, 1.82) is 0 Å². The summed E-state index contributed by atoms with van der Waals surface area (Å²) in [5.41, 5.74) is 2.54. The minimum absolute atomic E-state index is 0.0269. The number of anilines is 1. The van der Waals surface area contributed by atoms with Gasteiger partial charge >= 0.3 is 11.9 Å². The molecule has 0 spiro atoms. The maximum Gasteiger partial charge on any atom is 0.350 e. The van der Waals surface area contributed by atoms with Gasteiger partial charge in [-0.1, -0.05) is 79.8 Å². The van der Waals surface area contributed by atoms with E-state index < -0.39 is 23.7 Å². The van der Waals surface area contributed by atoms with Crippen LogP contribution in [-0.4, -0.2) is 34.9 Å². The predicted octanol–water partition coefficient (Wildman–Crippen LogP) is 4.99. The Kier molecular flexibility index (Phi) is 6.34. The Morgan fingerprint density at radius 1 is 1.09 bits per heavy atom. The van der Waals surface area contributed by atoms with Crippen LogP contribution in [0.3, 0.4) is 0 Å². The number of carbonyl (C=O) groups excluding carboxylic acids is 3. The van der Waals surface area contributed by atoms with Crippen molar-refractivity contribution in [3.8, 4) is 0 Å². The molecule has 0 radical (unpaired) electrons. The zero-order chi connectivity index (χ0) is 24.6. The second kappa shape index (κ2) is 9.23. The smallest absolute Gasteiger partial charge is 0.350 e. The largest absolute Gasteiger partial charge is 0.507 e. The zero-order valence-electron chi connectivity index (χ0n) is 19.2. The van der Waals surface area contributed by atoms with Crippen LogP contribution in [0.5, 0.6) is 0 Å². The first-order valence-electron chi connectivity index (χ1n) is 10.8. The Morgan fingerprint density at radius 3 is 2.32 bits per heavy atom. The van der Waals surface area contributed by atoms with E-state index in [0.29, 0.717) is 22.7 Å². The third kappa shape index (κ3) is 4.01. The van der Waals surface area contributed by atoms with Crippen molar-refractivity contribution in [2.75, 3.05) is 12.0 Å². The third-order valence-corrected chi connectivity index (χ3v) is 6.91. The number of ketones is 1. The number of carbonyl (C=O) groups is 3. The van der Waals surface area contributed by atoms with E-state index >= 15 is 0 Å². The Labute approximate surface area is 201 Å². The Bertz CT molecular complexity index is 1290. The number of aliphatic hydroxyl groups excluding tert-OH is 1. The van der Waals surface area contributed by atoms with E-state index in [2.05, 4.69) is 18.8 Å². The number of amides is 1. The number of benzene rings is 2. The minimum atomic E-state index is -0.905. The SMILES string of the molecule is COC(=O)c1sc(N2C(=O)C(=O)/C(=C(/O)c3ccccc3)[C@H]2c2ccc(C(C)C)cc2)nc1C. The molecule has 1 fully saturated rings. The molecule has 1 amide bonds. The summed E-state index contributed by atoms with van der Waals surface area (Å²) in [5.74, 6) is -2.16. The van der Waals surface area contributed by atoms with Crippen LogP contribution in [0.1, 0.15) is 57.9 Å². The van der Waals surface area contributed by atoms with E-state index in [1.807, 2.05) is 24.3 Å². The van der Waals surface area contributed by atoms with Gasteiger partial charge in [0.25, 0.3) is 5.78 Å². The van der Waals surface area contributed by atoms with Gasteiger partial charge in [0.15, 0.2) is 5.13 Å². The molecule has 7 nitrogen and oxygen atoms in total. The molecule has 3 aromatic rings. The number of hydrogen-bond acceptors (Lipinski definition) is 7. The van der Waals surface area contributed by atoms with Crippen molar-refractivity contribution >= 4 is 39.9 Å². The molecule has 1 aromatic heterocycles. The molecule has 0 unspecified atom stereocenters. The van der Waals surface area contributed by atoms with E-state index in [4.69, 9.17) is 4.74 Å². The summed E-state index contributed by atoms with van der Waals surface area (Å²) in [6.07, 6.45) is 0. The Hall–Kier alpha value is -3.78. The van der Waals surface area contributed by atoms with Gasteiger partial charge in [-0.25, -0.2) is 9.78 Å². The fraction of sp³-hybridized carbons (Fsp3) is 0.231. The molecule has 4 rings (SSSR count). The first-order valence-corrected chi connectivity index (χ1v) is 11.6. The van der Waals surface area contributed by atoms with Gasteiger partial charge in [0.2, 0.25) is 0 Å².